The molecule has 0 spiro atoms. The number of hydrogen-bond acceptors (Lipinski definition) is 3. The van der Waals surface area contributed by atoms with Gasteiger partial charge in [-0.2, -0.15) is 4.31 Å². The molecular formula is C18H20N2O2S. The zero-order chi connectivity index (χ0) is 15.9. The minimum atomic E-state index is -3.44. The summed E-state index contributed by atoms with van der Waals surface area (Å²) in [4.78, 5) is 4.45. The smallest absolute Gasteiger partial charge is 0.243 e. The summed E-state index contributed by atoms with van der Waals surface area (Å²) >= 11 is 0. The second-order valence-electron chi connectivity index (χ2n) is 6.42. The van der Waals surface area contributed by atoms with E-state index in [2.05, 4.69) is 4.98 Å². The van der Waals surface area contributed by atoms with Gasteiger partial charge in [-0.05, 0) is 73.1 Å². The van der Waals surface area contributed by atoms with E-state index in [1.807, 2.05) is 24.3 Å². The predicted molar refractivity (Wildman–Crippen MR) is 88.5 cm³/mol. The first-order valence-electron chi connectivity index (χ1n) is 8.17. The Morgan fingerprint density at radius 1 is 1.04 bits per heavy atom. The third-order valence-corrected chi connectivity index (χ3v) is 6.61. The quantitative estimate of drug-likeness (QED) is 0.848. The summed E-state index contributed by atoms with van der Waals surface area (Å²) < 4.78 is 27.9. The summed E-state index contributed by atoms with van der Waals surface area (Å²) in [5, 5.41) is 0. The number of aromatic nitrogens is 1. The minimum absolute atomic E-state index is 0.140. The van der Waals surface area contributed by atoms with Crippen molar-refractivity contribution in [3.05, 3.63) is 59.4 Å². The molecule has 1 saturated carbocycles. The lowest BCUT2D eigenvalue weighted by molar-refractivity contribution is 0.398. The lowest BCUT2D eigenvalue weighted by atomic mass is 10.1. The highest BCUT2D eigenvalue weighted by molar-refractivity contribution is 7.89. The third-order valence-electron chi connectivity index (χ3n) is 4.72. The van der Waals surface area contributed by atoms with Gasteiger partial charge in [0.2, 0.25) is 10.0 Å². The van der Waals surface area contributed by atoms with Gasteiger partial charge in [-0.15, -0.1) is 0 Å². The molecular weight excluding hydrogens is 308 g/mol. The van der Waals surface area contributed by atoms with E-state index >= 15 is 0 Å². The minimum Gasteiger partial charge on any atom is -0.265 e. The standard InChI is InChI=1S/C18H20N2O2S/c21-23(22,18-7-4-15-2-1-3-16(15)12-18)20(17-5-6-17)13-14-8-10-19-11-9-14/h4,7-12,17H,1-3,5-6,13H2. The fraction of sp³-hybridized carbons (Fsp3) is 0.389. The van der Waals surface area contributed by atoms with E-state index in [4.69, 9.17) is 0 Å². The van der Waals surface area contributed by atoms with E-state index in [0.29, 0.717) is 11.4 Å². The van der Waals surface area contributed by atoms with Crippen LogP contribution in [-0.4, -0.2) is 23.7 Å². The molecule has 1 fully saturated rings. The summed E-state index contributed by atoms with van der Waals surface area (Å²) in [5.41, 5.74) is 3.48. The van der Waals surface area contributed by atoms with Crippen LogP contribution in [0.25, 0.3) is 0 Å². The molecule has 23 heavy (non-hydrogen) atoms. The summed E-state index contributed by atoms with van der Waals surface area (Å²) in [7, 11) is -3.44. The molecule has 0 radical (unpaired) electrons. The normalized spacial score (nSPS) is 17.4. The number of fused-ring (bicyclic) bond motifs is 1. The van der Waals surface area contributed by atoms with Crippen LogP contribution in [0.5, 0.6) is 0 Å². The zero-order valence-corrected chi connectivity index (χ0v) is 13.8. The molecule has 0 amide bonds. The fourth-order valence-corrected chi connectivity index (χ4v) is 5.01. The summed E-state index contributed by atoms with van der Waals surface area (Å²) in [6, 6.07) is 9.57. The fourth-order valence-electron chi connectivity index (χ4n) is 3.29. The van der Waals surface area contributed by atoms with Gasteiger partial charge in [0.05, 0.1) is 4.90 Å². The molecule has 120 valence electrons. The van der Waals surface area contributed by atoms with E-state index in [0.717, 1.165) is 37.7 Å². The molecule has 1 aromatic carbocycles. The molecule has 2 aliphatic rings. The predicted octanol–water partition coefficient (Wildman–Crippen LogP) is 2.92. The Bertz CT molecular complexity index is 814. The maximum atomic E-state index is 13.1. The Kier molecular flexibility index (Phi) is 3.70. The molecule has 0 unspecified atom stereocenters. The largest absolute Gasteiger partial charge is 0.265 e. The van der Waals surface area contributed by atoms with Crippen LogP contribution in [0.15, 0.2) is 47.6 Å². The molecule has 5 heteroatoms. The first-order chi connectivity index (χ1) is 11.1. The van der Waals surface area contributed by atoms with Crippen LogP contribution in [0.1, 0.15) is 36.0 Å². The first-order valence-corrected chi connectivity index (χ1v) is 9.61. The lowest BCUT2D eigenvalue weighted by Crippen LogP contribution is -2.32. The van der Waals surface area contributed by atoms with Crippen molar-refractivity contribution in [2.24, 2.45) is 0 Å². The first kappa shape index (κ1) is 14.8. The maximum Gasteiger partial charge on any atom is 0.243 e. The monoisotopic (exact) mass is 328 g/mol. The van der Waals surface area contributed by atoms with Crippen LogP contribution in [-0.2, 0) is 29.4 Å². The molecule has 1 aromatic heterocycles. The van der Waals surface area contributed by atoms with Gasteiger partial charge in [0.25, 0.3) is 0 Å². The molecule has 2 aliphatic carbocycles. The van der Waals surface area contributed by atoms with Crippen molar-refractivity contribution >= 4 is 10.0 Å². The van der Waals surface area contributed by atoms with Crippen LogP contribution in [0.3, 0.4) is 0 Å². The zero-order valence-electron chi connectivity index (χ0n) is 13.0. The van der Waals surface area contributed by atoms with Gasteiger partial charge in [0.1, 0.15) is 0 Å². The molecule has 0 bridgehead atoms. The van der Waals surface area contributed by atoms with Crippen molar-refractivity contribution in [3.63, 3.8) is 0 Å². The number of aryl methyl sites for hydroxylation is 2. The Balaban J connectivity index is 1.67. The average molecular weight is 328 g/mol. The molecule has 2 aromatic rings. The lowest BCUT2D eigenvalue weighted by Gasteiger charge is -2.22. The molecule has 0 saturated heterocycles. The van der Waals surface area contributed by atoms with E-state index in [-0.39, 0.29) is 6.04 Å². The second kappa shape index (κ2) is 5.73. The molecule has 0 atom stereocenters. The number of pyridine rings is 1. The highest BCUT2D eigenvalue weighted by atomic mass is 32.2. The molecule has 1 heterocycles. The second-order valence-corrected chi connectivity index (χ2v) is 8.31. The summed E-state index contributed by atoms with van der Waals surface area (Å²) in [6.45, 7) is 0.423. The Morgan fingerprint density at radius 2 is 1.78 bits per heavy atom. The average Bonchev–Trinajstić information content (AvgIpc) is 3.29. The van der Waals surface area contributed by atoms with E-state index in [1.54, 1.807) is 22.8 Å². The van der Waals surface area contributed by atoms with Crippen molar-refractivity contribution < 1.29 is 8.42 Å². The number of sulfonamides is 1. The highest BCUT2D eigenvalue weighted by Gasteiger charge is 2.38. The molecule has 4 rings (SSSR count). The molecule has 4 nitrogen and oxygen atoms in total. The van der Waals surface area contributed by atoms with Crippen LogP contribution in [0, 0.1) is 0 Å². The third kappa shape index (κ3) is 2.91. The van der Waals surface area contributed by atoms with Gasteiger partial charge in [-0.25, -0.2) is 8.42 Å². The van der Waals surface area contributed by atoms with Crippen molar-refractivity contribution in [1.29, 1.82) is 0 Å². The highest BCUT2D eigenvalue weighted by Crippen LogP contribution is 2.34. The van der Waals surface area contributed by atoms with Crippen molar-refractivity contribution in [2.75, 3.05) is 0 Å². The maximum absolute atomic E-state index is 13.1. The molecule has 0 aliphatic heterocycles. The van der Waals surface area contributed by atoms with Crippen molar-refractivity contribution in [2.45, 2.75) is 49.6 Å². The topological polar surface area (TPSA) is 50.3 Å². The van der Waals surface area contributed by atoms with Crippen molar-refractivity contribution in [1.82, 2.24) is 9.29 Å². The Labute approximate surface area is 137 Å². The summed E-state index contributed by atoms with van der Waals surface area (Å²) in [6.07, 6.45) is 8.52. The van der Waals surface area contributed by atoms with Gasteiger partial charge in [-0.1, -0.05) is 6.07 Å². The van der Waals surface area contributed by atoms with Gasteiger partial charge in [0.15, 0.2) is 0 Å². The van der Waals surface area contributed by atoms with Gasteiger partial charge in [-0.3, -0.25) is 4.98 Å². The van der Waals surface area contributed by atoms with Gasteiger partial charge < -0.3 is 0 Å². The Hall–Kier alpha value is -1.72. The SMILES string of the molecule is O=S(=O)(c1ccc2c(c1)CCC2)N(Cc1ccncc1)C1CC1. The van der Waals surface area contributed by atoms with E-state index in [1.165, 1.54) is 11.1 Å². The van der Waals surface area contributed by atoms with Crippen LogP contribution in [0.2, 0.25) is 0 Å². The van der Waals surface area contributed by atoms with Crippen molar-refractivity contribution in [3.8, 4) is 0 Å². The number of benzene rings is 1. The number of nitrogens with zero attached hydrogens (tertiary/aromatic N) is 2. The molecule has 0 N–H and O–H groups in total. The summed E-state index contributed by atoms with van der Waals surface area (Å²) in [5.74, 6) is 0. The van der Waals surface area contributed by atoms with E-state index in [9.17, 15) is 8.42 Å². The van der Waals surface area contributed by atoms with E-state index < -0.39 is 10.0 Å². The van der Waals surface area contributed by atoms with Crippen LogP contribution < -0.4 is 0 Å². The van der Waals surface area contributed by atoms with Crippen LogP contribution >= 0.6 is 0 Å². The van der Waals surface area contributed by atoms with Gasteiger partial charge in [0, 0.05) is 25.0 Å². The number of hydrogen-bond donors (Lipinski definition) is 0. The number of rotatable bonds is 5. The Morgan fingerprint density at radius 3 is 2.52 bits per heavy atom. The van der Waals surface area contributed by atoms with Gasteiger partial charge >= 0.3 is 0 Å². The van der Waals surface area contributed by atoms with Crippen LogP contribution in [0.4, 0.5) is 0 Å².